The zero-order chi connectivity index (χ0) is 11.9. The summed E-state index contributed by atoms with van der Waals surface area (Å²) in [6, 6.07) is 0. The maximum absolute atomic E-state index is 9.20. The van der Waals surface area contributed by atoms with Crippen molar-refractivity contribution in [3.8, 4) is 0 Å². The van der Waals surface area contributed by atoms with Crippen LogP contribution in [0.1, 0.15) is 48.5 Å². The van der Waals surface area contributed by atoms with Gasteiger partial charge < -0.3 is 10.2 Å². The van der Waals surface area contributed by atoms with Gasteiger partial charge in [-0.25, -0.2) is 0 Å². The molecule has 0 unspecified atom stereocenters. The van der Waals surface area contributed by atoms with Crippen LogP contribution in [0.4, 0.5) is 0 Å². The molecule has 0 saturated heterocycles. The molecule has 0 aliphatic heterocycles. The molecule has 0 fully saturated rings. The summed E-state index contributed by atoms with van der Waals surface area (Å²) in [5.74, 6) is 0.796. The third-order valence-corrected chi connectivity index (χ3v) is 1.84. The van der Waals surface area contributed by atoms with Gasteiger partial charge in [0, 0.05) is 6.61 Å². The summed E-state index contributed by atoms with van der Waals surface area (Å²) < 4.78 is 0. The first-order valence-corrected chi connectivity index (χ1v) is 5.40. The Labute approximate surface area is 89.3 Å². The average Bonchev–Trinajstić information content (AvgIpc) is 2.02. The van der Waals surface area contributed by atoms with Gasteiger partial charge in [0.15, 0.2) is 0 Å². The molecule has 0 spiro atoms. The van der Waals surface area contributed by atoms with Crippen LogP contribution in [-0.2, 0) is 0 Å². The van der Waals surface area contributed by atoms with Gasteiger partial charge in [0.25, 0.3) is 0 Å². The summed E-state index contributed by atoms with van der Waals surface area (Å²) in [7, 11) is 0. The third kappa shape index (κ3) is 11.9. The molecular formula is C12H28O2. The minimum Gasteiger partial charge on any atom is -0.396 e. The molecule has 0 aliphatic carbocycles. The molecule has 0 heterocycles. The summed E-state index contributed by atoms with van der Waals surface area (Å²) in [5, 5.41) is 17.6. The van der Waals surface area contributed by atoms with E-state index in [0.29, 0.717) is 11.8 Å². The van der Waals surface area contributed by atoms with Gasteiger partial charge in [-0.15, -0.1) is 0 Å². The molecule has 0 bridgehead atoms. The fraction of sp³-hybridized carbons (Fsp3) is 1.00. The molecule has 2 N–H and O–H groups in total. The second-order valence-corrected chi connectivity index (χ2v) is 5.70. The van der Waals surface area contributed by atoms with Crippen LogP contribution in [0, 0.1) is 17.3 Å². The summed E-state index contributed by atoms with van der Waals surface area (Å²) in [6.07, 6.45) is -0.130. The highest BCUT2D eigenvalue weighted by Crippen LogP contribution is 2.10. The molecule has 88 valence electrons. The first-order valence-electron chi connectivity index (χ1n) is 5.40. The van der Waals surface area contributed by atoms with Gasteiger partial charge in [-0.05, 0) is 17.3 Å². The third-order valence-electron chi connectivity index (χ3n) is 1.84. The van der Waals surface area contributed by atoms with Crippen molar-refractivity contribution in [1.82, 2.24) is 0 Å². The van der Waals surface area contributed by atoms with Crippen LogP contribution >= 0.6 is 0 Å². The lowest BCUT2D eigenvalue weighted by atomic mass is 9.97. The Kier molecular flexibility index (Phi) is 8.46. The lowest BCUT2D eigenvalue weighted by Crippen LogP contribution is -2.20. The highest BCUT2D eigenvalue weighted by molar-refractivity contribution is 4.62. The van der Waals surface area contributed by atoms with E-state index < -0.39 is 0 Å². The van der Waals surface area contributed by atoms with Gasteiger partial charge in [0.1, 0.15) is 0 Å². The summed E-state index contributed by atoms with van der Waals surface area (Å²) in [6.45, 7) is 14.4. The van der Waals surface area contributed by atoms with Crippen LogP contribution in [0.2, 0.25) is 0 Å². The second-order valence-electron chi connectivity index (χ2n) is 5.70. The van der Waals surface area contributed by atoms with E-state index in [2.05, 4.69) is 0 Å². The number of hydrogen-bond donors (Lipinski definition) is 2. The van der Waals surface area contributed by atoms with Crippen LogP contribution in [-0.4, -0.2) is 22.9 Å². The van der Waals surface area contributed by atoms with Crippen LogP contribution in [0.5, 0.6) is 0 Å². The Hall–Kier alpha value is -0.0800. The van der Waals surface area contributed by atoms with Crippen molar-refractivity contribution in [2.75, 3.05) is 6.61 Å². The van der Waals surface area contributed by atoms with Crippen LogP contribution in [0.3, 0.4) is 0 Å². The molecule has 0 aromatic rings. The molecule has 0 aromatic heterocycles. The van der Waals surface area contributed by atoms with Gasteiger partial charge in [0.05, 0.1) is 6.10 Å². The Balaban J connectivity index is 0. The summed E-state index contributed by atoms with van der Waals surface area (Å²) in [4.78, 5) is 0. The van der Waals surface area contributed by atoms with Crippen molar-refractivity contribution in [2.24, 2.45) is 17.3 Å². The minimum atomic E-state index is -0.130. The highest BCUT2D eigenvalue weighted by Gasteiger charge is 2.11. The zero-order valence-corrected chi connectivity index (χ0v) is 10.8. The molecular weight excluding hydrogens is 176 g/mol. The maximum Gasteiger partial charge on any atom is 0.0586 e. The highest BCUT2D eigenvalue weighted by atomic mass is 16.3. The monoisotopic (exact) mass is 204 g/mol. The summed E-state index contributed by atoms with van der Waals surface area (Å²) >= 11 is 0. The van der Waals surface area contributed by atoms with Crippen molar-refractivity contribution >= 4 is 0 Å². The number of hydrogen-bond acceptors (Lipinski definition) is 2. The van der Waals surface area contributed by atoms with E-state index in [4.69, 9.17) is 5.11 Å². The fourth-order valence-corrected chi connectivity index (χ4v) is 0.770. The molecule has 2 heteroatoms. The van der Waals surface area contributed by atoms with Crippen molar-refractivity contribution in [1.29, 1.82) is 0 Å². The van der Waals surface area contributed by atoms with E-state index in [1.165, 1.54) is 0 Å². The smallest absolute Gasteiger partial charge is 0.0586 e. The largest absolute Gasteiger partial charge is 0.396 e. The number of aliphatic hydroxyl groups is 2. The maximum atomic E-state index is 9.20. The normalized spacial score (nSPS) is 12.0. The van der Waals surface area contributed by atoms with E-state index in [1.54, 1.807) is 0 Å². The zero-order valence-electron chi connectivity index (χ0n) is 10.8. The Morgan fingerprint density at radius 2 is 1.14 bits per heavy atom. The van der Waals surface area contributed by atoms with Gasteiger partial charge in [-0.3, -0.25) is 0 Å². The Morgan fingerprint density at radius 1 is 0.929 bits per heavy atom. The van der Waals surface area contributed by atoms with E-state index >= 15 is 0 Å². The van der Waals surface area contributed by atoms with Crippen molar-refractivity contribution in [2.45, 2.75) is 54.6 Å². The minimum absolute atomic E-state index is 0.0972. The van der Waals surface area contributed by atoms with Crippen molar-refractivity contribution in [3.05, 3.63) is 0 Å². The molecule has 2 nitrogen and oxygen atoms in total. The summed E-state index contributed by atoms with van der Waals surface area (Å²) in [5.41, 5.74) is 0.0972. The average molecular weight is 204 g/mol. The quantitative estimate of drug-likeness (QED) is 0.726. The Morgan fingerprint density at radius 3 is 1.14 bits per heavy atom. The van der Waals surface area contributed by atoms with E-state index in [-0.39, 0.29) is 18.1 Å². The molecule has 0 saturated carbocycles. The van der Waals surface area contributed by atoms with Crippen molar-refractivity contribution in [3.63, 3.8) is 0 Å². The standard InChI is InChI=1S/C7H16O.C5H12O/c1-5(2)7(8)6(3)4;1-5(2,3)4-6/h5-8H,1-4H3;6H,4H2,1-3H3. The van der Waals surface area contributed by atoms with Gasteiger partial charge in [0.2, 0.25) is 0 Å². The van der Waals surface area contributed by atoms with Crippen LogP contribution < -0.4 is 0 Å². The fourth-order valence-electron chi connectivity index (χ4n) is 0.770. The topological polar surface area (TPSA) is 40.5 Å². The predicted octanol–water partition coefficient (Wildman–Crippen LogP) is 2.68. The van der Waals surface area contributed by atoms with Gasteiger partial charge in [-0.2, -0.15) is 0 Å². The van der Waals surface area contributed by atoms with E-state index in [0.717, 1.165) is 0 Å². The Bertz CT molecular complexity index is 115. The molecule has 0 aliphatic rings. The first kappa shape index (κ1) is 16.4. The molecule has 0 rings (SSSR count). The predicted molar refractivity (Wildman–Crippen MR) is 62.2 cm³/mol. The number of rotatable bonds is 2. The molecule has 0 amide bonds. The number of aliphatic hydroxyl groups excluding tert-OH is 2. The van der Waals surface area contributed by atoms with E-state index in [1.807, 2.05) is 48.5 Å². The second kappa shape index (κ2) is 7.24. The van der Waals surface area contributed by atoms with Crippen LogP contribution in [0.15, 0.2) is 0 Å². The lowest BCUT2D eigenvalue weighted by Gasteiger charge is -2.17. The van der Waals surface area contributed by atoms with Crippen LogP contribution in [0.25, 0.3) is 0 Å². The molecule has 14 heavy (non-hydrogen) atoms. The van der Waals surface area contributed by atoms with Crippen molar-refractivity contribution < 1.29 is 10.2 Å². The van der Waals surface area contributed by atoms with E-state index in [9.17, 15) is 5.11 Å². The molecule has 0 atom stereocenters. The first-order chi connectivity index (χ1) is 6.11. The molecule has 0 aromatic carbocycles. The van der Waals surface area contributed by atoms with Gasteiger partial charge in [-0.1, -0.05) is 48.5 Å². The SMILES string of the molecule is CC(C)(C)CO.CC(C)C(O)C(C)C. The molecule has 0 radical (unpaired) electrons. The lowest BCUT2D eigenvalue weighted by molar-refractivity contribution is 0.0801. The van der Waals surface area contributed by atoms with Gasteiger partial charge >= 0.3 is 0 Å².